The van der Waals surface area contributed by atoms with E-state index in [1.54, 1.807) is 35.2 Å². The topological polar surface area (TPSA) is 88.9 Å². The van der Waals surface area contributed by atoms with Crippen LogP contribution >= 0.6 is 11.8 Å². The molecule has 0 saturated heterocycles. The molecule has 3 rings (SSSR count). The van der Waals surface area contributed by atoms with Crippen molar-refractivity contribution in [1.29, 1.82) is 0 Å². The first kappa shape index (κ1) is 23.5. The smallest absolute Gasteiger partial charge is 0.251 e. The van der Waals surface area contributed by atoms with Crippen molar-refractivity contribution < 1.29 is 9.59 Å². The van der Waals surface area contributed by atoms with E-state index in [1.165, 1.54) is 11.8 Å². The van der Waals surface area contributed by atoms with Crippen LogP contribution in [0.3, 0.4) is 0 Å². The van der Waals surface area contributed by atoms with Crippen molar-refractivity contribution in [3.05, 3.63) is 72.1 Å². The third-order valence-corrected chi connectivity index (χ3v) is 6.05. The molecule has 0 spiro atoms. The molecular weight excluding hydrogens is 422 g/mol. The number of hydrogen-bond donors (Lipinski definition) is 2. The molecule has 0 saturated carbocycles. The molecule has 2 amide bonds. The summed E-state index contributed by atoms with van der Waals surface area (Å²) in [6.45, 7) is 2.17. The summed E-state index contributed by atoms with van der Waals surface area (Å²) >= 11 is 1.31. The number of carbonyl (C=O) groups is 2. The van der Waals surface area contributed by atoms with Crippen LogP contribution in [0.25, 0.3) is 0 Å². The van der Waals surface area contributed by atoms with Gasteiger partial charge in [-0.3, -0.25) is 9.59 Å². The van der Waals surface area contributed by atoms with Crippen molar-refractivity contribution in [3.63, 3.8) is 0 Å². The van der Waals surface area contributed by atoms with Crippen LogP contribution < -0.4 is 10.6 Å². The molecule has 32 heavy (non-hydrogen) atoms. The second-order valence-corrected chi connectivity index (χ2v) is 8.52. The van der Waals surface area contributed by atoms with Crippen LogP contribution in [0, 0.1) is 0 Å². The van der Waals surface area contributed by atoms with Gasteiger partial charge in [0, 0.05) is 18.3 Å². The number of nitrogens with one attached hydrogen (secondary N) is 2. The summed E-state index contributed by atoms with van der Waals surface area (Å²) in [4.78, 5) is 25.3. The zero-order chi connectivity index (χ0) is 22.8. The Bertz CT molecular complexity index is 1020. The highest BCUT2D eigenvalue weighted by Gasteiger charge is 2.16. The minimum Gasteiger partial charge on any atom is -0.345 e. The van der Waals surface area contributed by atoms with Gasteiger partial charge < -0.3 is 15.2 Å². The van der Waals surface area contributed by atoms with E-state index in [-0.39, 0.29) is 23.6 Å². The number of nitrogens with zero attached hydrogens (tertiary/aromatic N) is 3. The Hall–Kier alpha value is -3.13. The number of benzene rings is 2. The van der Waals surface area contributed by atoms with Crippen LogP contribution in [0.4, 0.5) is 5.69 Å². The standard InChI is InChI=1S/C24H29N5O2S/c1-3-4-6-14-21(18-10-7-5-8-11-18)27-23(31)19-12-9-13-20(15-19)26-22(30)16-32-24-28-25-17-29(24)2/h5,7-13,15,17,21H,3-4,6,14,16H2,1-2H3,(H,26,30)(H,27,31). The second-order valence-electron chi connectivity index (χ2n) is 7.57. The minimum atomic E-state index is -0.169. The Kier molecular flexibility index (Phi) is 8.86. The van der Waals surface area contributed by atoms with Crippen molar-refractivity contribution >= 4 is 29.3 Å². The van der Waals surface area contributed by atoms with Crippen LogP contribution in [0.1, 0.15) is 54.6 Å². The number of unbranched alkanes of at least 4 members (excludes halogenated alkanes) is 2. The van der Waals surface area contributed by atoms with Crippen LogP contribution in [0.2, 0.25) is 0 Å². The molecule has 0 aliphatic heterocycles. The quantitative estimate of drug-likeness (QED) is 0.329. The third-order valence-electron chi connectivity index (χ3n) is 5.01. The first-order valence-corrected chi connectivity index (χ1v) is 11.8. The Labute approximate surface area is 193 Å². The van der Waals surface area contributed by atoms with Gasteiger partial charge in [0.25, 0.3) is 5.91 Å². The SMILES string of the molecule is CCCCCC(NC(=O)c1cccc(NC(=O)CSc2nncn2C)c1)c1ccccc1. The number of anilines is 1. The van der Waals surface area contributed by atoms with Crippen molar-refractivity contribution in [2.24, 2.45) is 7.05 Å². The van der Waals surface area contributed by atoms with Crippen molar-refractivity contribution in [2.45, 2.75) is 43.8 Å². The van der Waals surface area contributed by atoms with Crippen LogP contribution in [-0.4, -0.2) is 32.3 Å². The molecule has 1 aromatic heterocycles. The molecule has 3 aromatic rings. The Morgan fingerprint density at radius 1 is 1.09 bits per heavy atom. The summed E-state index contributed by atoms with van der Waals surface area (Å²) in [5, 5.41) is 14.4. The molecule has 0 aliphatic carbocycles. The molecule has 0 fully saturated rings. The maximum atomic E-state index is 13.0. The Morgan fingerprint density at radius 3 is 2.62 bits per heavy atom. The molecule has 8 heteroatoms. The number of hydrogen-bond acceptors (Lipinski definition) is 5. The molecule has 1 unspecified atom stereocenters. The van der Waals surface area contributed by atoms with Crippen LogP contribution in [0.5, 0.6) is 0 Å². The number of carbonyl (C=O) groups excluding carboxylic acids is 2. The average molecular weight is 452 g/mol. The number of aryl methyl sites for hydroxylation is 1. The Morgan fingerprint density at radius 2 is 1.91 bits per heavy atom. The fraction of sp³-hybridized carbons (Fsp3) is 0.333. The fourth-order valence-corrected chi connectivity index (χ4v) is 4.00. The molecule has 0 aliphatic rings. The van der Waals surface area contributed by atoms with E-state index in [0.717, 1.165) is 31.2 Å². The van der Waals surface area contributed by atoms with E-state index in [9.17, 15) is 9.59 Å². The number of amides is 2. The molecule has 168 valence electrons. The van der Waals surface area contributed by atoms with Gasteiger partial charge in [0.2, 0.25) is 5.91 Å². The lowest BCUT2D eigenvalue weighted by Crippen LogP contribution is -2.28. The highest BCUT2D eigenvalue weighted by Crippen LogP contribution is 2.21. The normalized spacial score (nSPS) is 11.7. The molecular formula is C24H29N5O2S. The average Bonchev–Trinajstić information content (AvgIpc) is 3.22. The Balaban J connectivity index is 1.61. The number of thioether (sulfide) groups is 1. The third kappa shape index (κ3) is 6.95. The predicted molar refractivity (Wildman–Crippen MR) is 128 cm³/mol. The molecule has 0 radical (unpaired) electrons. The van der Waals surface area contributed by atoms with E-state index >= 15 is 0 Å². The summed E-state index contributed by atoms with van der Waals surface area (Å²) in [7, 11) is 1.83. The first-order chi connectivity index (χ1) is 15.6. The van der Waals surface area contributed by atoms with Gasteiger partial charge in [0.1, 0.15) is 6.33 Å². The van der Waals surface area contributed by atoms with E-state index in [2.05, 4.69) is 27.8 Å². The van der Waals surface area contributed by atoms with Crippen molar-refractivity contribution in [2.75, 3.05) is 11.1 Å². The lowest BCUT2D eigenvalue weighted by atomic mass is 10.00. The maximum Gasteiger partial charge on any atom is 0.251 e. The molecule has 1 heterocycles. The molecule has 2 N–H and O–H groups in total. The van der Waals surface area contributed by atoms with Gasteiger partial charge in [-0.05, 0) is 30.2 Å². The van der Waals surface area contributed by atoms with Gasteiger partial charge in [-0.15, -0.1) is 10.2 Å². The van der Waals surface area contributed by atoms with Crippen molar-refractivity contribution in [3.8, 4) is 0 Å². The molecule has 0 bridgehead atoms. The lowest BCUT2D eigenvalue weighted by Gasteiger charge is -2.19. The summed E-state index contributed by atoms with van der Waals surface area (Å²) in [5.74, 6) is -0.117. The van der Waals surface area contributed by atoms with Gasteiger partial charge in [0.15, 0.2) is 5.16 Å². The van der Waals surface area contributed by atoms with Gasteiger partial charge in [0.05, 0.1) is 11.8 Å². The van der Waals surface area contributed by atoms with E-state index < -0.39 is 0 Å². The van der Waals surface area contributed by atoms with Crippen LogP contribution in [-0.2, 0) is 11.8 Å². The minimum absolute atomic E-state index is 0.0451. The fourth-order valence-electron chi connectivity index (χ4n) is 3.32. The lowest BCUT2D eigenvalue weighted by molar-refractivity contribution is -0.113. The number of aromatic nitrogens is 3. The van der Waals surface area contributed by atoms with Gasteiger partial charge in [-0.25, -0.2) is 0 Å². The summed E-state index contributed by atoms with van der Waals surface area (Å²) in [6.07, 6.45) is 5.79. The van der Waals surface area contributed by atoms with Crippen LogP contribution in [0.15, 0.2) is 66.1 Å². The summed E-state index contributed by atoms with van der Waals surface area (Å²) in [5.41, 5.74) is 2.20. The largest absolute Gasteiger partial charge is 0.345 e. The monoisotopic (exact) mass is 451 g/mol. The zero-order valence-electron chi connectivity index (χ0n) is 18.5. The van der Waals surface area contributed by atoms with Gasteiger partial charge in [-0.2, -0.15) is 0 Å². The summed E-state index contributed by atoms with van der Waals surface area (Å²) in [6, 6.07) is 17.0. The highest BCUT2D eigenvalue weighted by molar-refractivity contribution is 7.99. The highest BCUT2D eigenvalue weighted by atomic mass is 32.2. The maximum absolute atomic E-state index is 13.0. The summed E-state index contributed by atoms with van der Waals surface area (Å²) < 4.78 is 1.76. The molecule has 1 atom stereocenters. The second kappa shape index (κ2) is 12.0. The zero-order valence-corrected chi connectivity index (χ0v) is 19.3. The van der Waals surface area contributed by atoms with E-state index in [1.807, 2.05) is 37.4 Å². The van der Waals surface area contributed by atoms with Gasteiger partial charge in [-0.1, -0.05) is 74.3 Å². The predicted octanol–water partition coefficient (Wildman–Crippen LogP) is 4.60. The van der Waals surface area contributed by atoms with E-state index in [0.29, 0.717) is 16.4 Å². The number of rotatable bonds is 11. The van der Waals surface area contributed by atoms with Crippen molar-refractivity contribution in [1.82, 2.24) is 20.1 Å². The molecule has 7 nitrogen and oxygen atoms in total. The molecule has 2 aromatic carbocycles. The first-order valence-electron chi connectivity index (χ1n) is 10.8. The van der Waals surface area contributed by atoms with E-state index in [4.69, 9.17) is 0 Å². The van der Waals surface area contributed by atoms with Gasteiger partial charge >= 0.3 is 0 Å².